The van der Waals surface area contributed by atoms with Crippen molar-refractivity contribution in [1.82, 2.24) is 0 Å². The first-order valence-corrected chi connectivity index (χ1v) is 2.16. The zero-order chi connectivity index (χ0) is 5.15. The van der Waals surface area contributed by atoms with E-state index in [0.29, 0.717) is 0 Å². The fraction of sp³-hybridized carbons (Fsp3) is 0.333. The van der Waals surface area contributed by atoms with Gasteiger partial charge >= 0.3 is 0 Å². The summed E-state index contributed by atoms with van der Waals surface area (Å²) in [7, 11) is 0. The minimum absolute atomic E-state index is 0.460. The molecule has 0 aromatic carbocycles. The van der Waals surface area contributed by atoms with Gasteiger partial charge in [-0.15, -0.1) is 0 Å². The first kappa shape index (κ1) is 6.25. The fourth-order valence-electron chi connectivity index (χ4n) is 0. The second-order valence-electron chi connectivity index (χ2n) is 0.767. The van der Waals surface area contributed by atoms with Crippen molar-refractivity contribution < 1.29 is 4.79 Å². The molecule has 0 aromatic heterocycles. The van der Waals surface area contributed by atoms with Crippen molar-refractivity contribution in [2.75, 3.05) is 0 Å². The van der Waals surface area contributed by atoms with E-state index in [0.717, 1.165) is 0 Å². The summed E-state index contributed by atoms with van der Waals surface area (Å²) in [5.41, 5.74) is 0. The van der Waals surface area contributed by atoms with Crippen LogP contribution in [-0.2, 0) is 4.79 Å². The number of ketones is 1. The molecule has 0 aliphatic carbocycles. The maximum atomic E-state index is 9.77. The number of halogens is 2. The van der Waals surface area contributed by atoms with E-state index in [2.05, 4.69) is 6.92 Å². The van der Waals surface area contributed by atoms with Gasteiger partial charge in [-0.2, -0.15) is 0 Å². The largest absolute Gasteiger partial charge is 0.297 e. The Balaban J connectivity index is 3.26. The van der Waals surface area contributed by atoms with Gasteiger partial charge < -0.3 is 0 Å². The molecule has 0 aliphatic rings. The zero-order valence-electron chi connectivity index (χ0n) is 2.95. The van der Waals surface area contributed by atoms with Crippen molar-refractivity contribution in [3.8, 4) is 0 Å². The van der Waals surface area contributed by atoms with Gasteiger partial charge in [0.05, 0.1) is 0 Å². The molecule has 0 unspecified atom stereocenters. The number of carbonyl (C=O) groups excluding carboxylic acids is 1. The summed E-state index contributed by atoms with van der Waals surface area (Å²) in [4.78, 5) is 8.81. The molecule has 0 aromatic rings. The van der Waals surface area contributed by atoms with Crippen LogP contribution in [-0.4, -0.2) is 10.6 Å². The van der Waals surface area contributed by atoms with Gasteiger partial charge in [0.25, 0.3) is 0 Å². The van der Waals surface area contributed by atoms with Crippen LogP contribution in [0.5, 0.6) is 0 Å². The quantitative estimate of drug-likeness (QED) is 0.482. The lowest BCUT2D eigenvalue weighted by atomic mass is 10.5. The summed E-state index contributed by atoms with van der Waals surface area (Å²) in [5, 5.41) is 0. The van der Waals surface area contributed by atoms with Crippen LogP contribution in [0.4, 0.5) is 0 Å². The van der Waals surface area contributed by atoms with Crippen molar-refractivity contribution >= 4 is 29.0 Å². The highest BCUT2D eigenvalue weighted by molar-refractivity contribution is 6.54. The van der Waals surface area contributed by atoms with Crippen LogP contribution < -0.4 is 0 Å². The average molecular weight is 126 g/mol. The lowest BCUT2D eigenvalue weighted by Gasteiger charge is -1.85. The predicted molar refractivity (Wildman–Crippen MR) is 25.9 cm³/mol. The number of hydrogen-bond acceptors (Lipinski definition) is 1. The molecule has 35 valence electrons. The molecule has 1 radical (unpaired) electrons. The second-order valence-corrected chi connectivity index (χ2v) is 1.86. The molecule has 0 amide bonds. The Kier molecular flexibility index (Phi) is 2.53. The standard InChI is InChI=1S/C3H3Cl2O/c1-2(6)3(4)5/h3H,1H2. The minimum Gasteiger partial charge on any atom is -0.297 e. The summed E-state index contributed by atoms with van der Waals surface area (Å²) in [6.07, 6.45) is 0. The van der Waals surface area contributed by atoms with E-state index in [9.17, 15) is 4.79 Å². The Hall–Kier alpha value is 0.250. The number of hydrogen-bond donors (Lipinski definition) is 0. The highest BCUT2D eigenvalue weighted by Crippen LogP contribution is 1.99. The molecular weight excluding hydrogens is 123 g/mol. The summed E-state index contributed by atoms with van der Waals surface area (Å²) in [6.45, 7) is 2.94. The summed E-state index contributed by atoms with van der Waals surface area (Å²) < 4.78 is 0. The monoisotopic (exact) mass is 125 g/mol. The van der Waals surface area contributed by atoms with Gasteiger partial charge in [0.1, 0.15) is 0 Å². The predicted octanol–water partition coefficient (Wildman–Crippen LogP) is 1.19. The van der Waals surface area contributed by atoms with E-state index in [1.54, 1.807) is 0 Å². The molecule has 0 spiro atoms. The normalized spacial score (nSPS) is 9.33. The van der Waals surface area contributed by atoms with Crippen LogP contribution in [0.25, 0.3) is 0 Å². The van der Waals surface area contributed by atoms with Crippen LogP contribution in [0.15, 0.2) is 0 Å². The second kappa shape index (κ2) is 2.43. The third-order valence-corrected chi connectivity index (χ3v) is 0.730. The lowest BCUT2D eigenvalue weighted by molar-refractivity contribution is -0.113. The molecule has 0 rings (SSSR count). The third kappa shape index (κ3) is 2.49. The maximum Gasteiger partial charge on any atom is 0.166 e. The van der Waals surface area contributed by atoms with Crippen LogP contribution in [0.3, 0.4) is 0 Å². The van der Waals surface area contributed by atoms with Gasteiger partial charge in [0, 0.05) is 6.92 Å². The van der Waals surface area contributed by atoms with Crippen molar-refractivity contribution in [2.45, 2.75) is 4.84 Å². The molecule has 0 N–H and O–H groups in total. The molecule has 0 heterocycles. The molecular formula is C3H3Cl2O. The first-order chi connectivity index (χ1) is 2.64. The van der Waals surface area contributed by atoms with Gasteiger partial charge in [-0.25, -0.2) is 0 Å². The van der Waals surface area contributed by atoms with E-state index in [1.807, 2.05) is 0 Å². The van der Waals surface area contributed by atoms with E-state index in [-0.39, 0.29) is 0 Å². The van der Waals surface area contributed by atoms with E-state index in [1.165, 1.54) is 0 Å². The van der Waals surface area contributed by atoms with Crippen molar-refractivity contribution in [3.05, 3.63) is 6.92 Å². The van der Waals surface area contributed by atoms with E-state index >= 15 is 0 Å². The number of carbonyl (C=O) groups is 1. The van der Waals surface area contributed by atoms with E-state index in [4.69, 9.17) is 23.2 Å². The van der Waals surface area contributed by atoms with Crippen LogP contribution in [0.2, 0.25) is 0 Å². The molecule has 3 heteroatoms. The van der Waals surface area contributed by atoms with Crippen LogP contribution >= 0.6 is 23.2 Å². The molecule has 0 saturated carbocycles. The Morgan fingerprint density at radius 3 is 1.83 bits per heavy atom. The van der Waals surface area contributed by atoms with Gasteiger partial charge in [-0.05, 0) is 0 Å². The number of Topliss-reactive ketones (excluding diaryl/α,β-unsaturated/α-hetero) is 1. The van der Waals surface area contributed by atoms with Crippen LogP contribution in [0.1, 0.15) is 0 Å². The highest BCUT2D eigenvalue weighted by atomic mass is 35.5. The molecule has 0 aliphatic heterocycles. The molecule has 1 nitrogen and oxygen atoms in total. The van der Waals surface area contributed by atoms with Crippen molar-refractivity contribution in [2.24, 2.45) is 0 Å². The third-order valence-electron chi connectivity index (χ3n) is 0.243. The average Bonchev–Trinajstić information content (AvgIpc) is 1.36. The Morgan fingerprint density at radius 2 is 1.83 bits per heavy atom. The molecule has 0 saturated heterocycles. The molecule has 0 atom stereocenters. The smallest absolute Gasteiger partial charge is 0.166 e. The Labute approximate surface area is 46.2 Å². The van der Waals surface area contributed by atoms with Crippen molar-refractivity contribution in [1.29, 1.82) is 0 Å². The Bertz CT molecular complexity index is 59.8. The summed E-state index contributed by atoms with van der Waals surface area (Å²) >= 11 is 9.93. The van der Waals surface area contributed by atoms with Crippen molar-refractivity contribution in [3.63, 3.8) is 0 Å². The SMILES string of the molecule is [CH2]C(=O)C(Cl)Cl. The Morgan fingerprint density at radius 1 is 1.67 bits per heavy atom. The fourth-order valence-corrected chi connectivity index (χ4v) is 0. The van der Waals surface area contributed by atoms with Gasteiger partial charge in [-0.1, -0.05) is 23.2 Å². The number of alkyl halides is 2. The topological polar surface area (TPSA) is 17.1 Å². The lowest BCUT2D eigenvalue weighted by Crippen LogP contribution is -1.99. The summed E-state index contributed by atoms with van der Waals surface area (Å²) in [5.74, 6) is -0.460. The maximum absolute atomic E-state index is 9.77. The van der Waals surface area contributed by atoms with Crippen LogP contribution in [0, 0.1) is 6.92 Å². The highest BCUT2D eigenvalue weighted by Gasteiger charge is 2.01. The first-order valence-electron chi connectivity index (χ1n) is 1.28. The minimum atomic E-state index is -0.954. The molecule has 6 heavy (non-hydrogen) atoms. The number of rotatable bonds is 1. The van der Waals surface area contributed by atoms with Gasteiger partial charge in [0.2, 0.25) is 0 Å². The molecule has 0 fully saturated rings. The molecule has 0 bridgehead atoms. The van der Waals surface area contributed by atoms with Gasteiger partial charge in [-0.3, -0.25) is 4.79 Å². The van der Waals surface area contributed by atoms with E-state index < -0.39 is 10.6 Å². The summed E-state index contributed by atoms with van der Waals surface area (Å²) in [6, 6.07) is 0. The van der Waals surface area contributed by atoms with Gasteiger partial charge in [0.15, 0.2) is 10.6 Å². The zero-order valence-corrected chi connectivity index (χ0v) is 4.46.